The van der Waals surface area contributed by atoms with Crippen LogP contribution in [0.2, 0.25) is 0 Å². The maximum atomic E-state index is 10.8. The first-order valence-corrected chi connectivity index (χ1v) is 27.5. The highest BCUT2D eigenvalue weighted by Crippen LogP contribution is 2.51. The molecule has 15 aromatic rings. The van der Waals surface area contributed by atoms with Crippen LogP contribution in [-0.2, 0) is 10.8 Å². The third-order valence-corrected chi connectivity index (χ3v) is 16.8. The number of rotatable bonds is 8. The summed E-state index contributed by atoms with van der Waals surface area (Å²) in [6.45, 7) is 13.7. The number of fused-ring (bicyclic) bond motifs is 12. The summed E-state index contributed by atoms with van der Waals surface area (Å²) < 4.78 is 26.2. The topological polar surface area (TPSA) is 12.1 Å². The zero-order valence-electron chi connectivity index (χ0n) is 46.9. The Morgan fingerprint density at radius 2 is 0.782 bits per heavy atom. The van der Waals surface area contributed by atoms with Crippen LogP contribution < -0.4 is 4.90 Å². The van der Waals surface area contributed by atoms with Crippen molar-refractivity contribution in [2.45, 2.75) is 58.3 Å². The lowest BCUT2D eigenvalue weighted by Gasteiger charge is -2.27. The van der Waals surface area contributed by atoms with Gasteiger partial charge in [-0.25, -0.2) is 0 Å². The van der Waals surface area contributed by atoms with Crippen molar-refractivity contribution in [2.24, 2.45) is 0 Å². The Morgan fingerprint density at radius 1 is 0.359 bits per heavy atom. The van der Waals surface area contributed by atoms with E-state index in [1.54, 1.807) is 0 Å². The molecule has 4 heterocycles. The molecule has 0 saturated heterocycles. The van der Waals surface area contributed by atoms with Crippen molar-refractivity contribution in [3.63, 3.8) is 0 Å². The number of hydrogen-bond donors (Lipinski definition) is 0. The van der Waals surface area contributed by atoms with Gasteiger partial charge in [0.15, 0.2) is 0 Å². The predicted molar refractivity (Wildman–Crippen MR) is 333 cm³/mol. The van der Waals surface area contributed by atoms with E-state index in [1.165, 1.54) is 55.3 Å². The Bertz CT molecular complexity index is 4560. The van der Waals surface area contributed by atoms with Crippen molar-refractivity contribution in [1.29, 1.82) is 0 Å². The molecule has 0 aliphatic carbocycles. The zero-order chi connectivity index (χ0) is 54.3. The molecule has 11 aromatic carbocycles. The molecule has 0 N–H and O–H groups in total. The monoisotopic (exact) mass is 1000 g/mol. The Balaban J connectivity index is 1.04. The van der Waals surface area contributed by atoms with Gasteiger partial charge in [0.05, 0.1) is 41.5 Å². The van der Waals surface area contributed by atoms with Gasteiger partial charge >= 0.3 is 0 Å². The van der Waals surface area contributed by atoms with Crippen LogP contribution in [0.3, 0.4) is 0 Å². The van der Waals surface area contributed by atoms with Crippen LogP contribution in [-0.4, -0.2) is 8.80 Å². The van der Waals surface area contributed by atoms with Crippen LogP contribution in [0.25, 0.3) is 98.4 Å². The van der Waals surface area contributed by atoms with Crippen molar-refractivity contribution in [2.75, 3.05) is 4.90 Å². The van der Waals surface area contributed by atoms with Gasteiger partial charge in [-0.05, 0) is 128 Å². The van der Waals surface area contributed by atoms with Crippen molar-refractivity contribution in [3.05, 3.63) is 270 Å². The highest BCUT2D eigenvalue weighted by atomic mass is 15.1. The largest absolute Gasteiger partial charge is 0.310 e. The summed E-state index contributed by atoms with van der Waals surface area (Å²) in [5.41, 5.74) is 19.5. The standard InChI is InChI=1S/C75H59N3/c1-74(2,3)53-33-40-64-62(43-53)70-59(69(51-23-15-9-16-24-51)52-29-27-49(28-30-52)47-19-11-7-12-20-47)38-37-57-60-45-68-61(46-67(60)77(64)72(57)70)58-39-42-66(71-63-44-54(75(4,5)6)34-41-65(63)78(68)73(58)71)76(55-25-17-10-18-26-55)56-35-31-50(32-36-56)48-21-13-8-14-22-48/h7-46,69H,1-6H3/i45D,46D. The van der Waals surface area contributed by atoms with E-state index in [0.29, 0.717) is 12.1 Å². The first-order valence-electron chi connectivity index (χ1n) is 28.5. The summed E-state index contributed by atoms with van der Waals surface area (Å²) in [6, 6.07) is 84.6. The second kappa shape index (κ2) is 17.2. The average molecular weight is 1000 g/mol. The predicted octanol–water partition coefficient (Wildman–Crippen LogP) is 20.6. The van der Waals surface area contributed by atoms with E-state index in [2.05, 4.69) is 286 Å². The van der Waals surface area contributed by atoms with Crippen LogP contribution in [0.1, 0.15) is 78.0 Å². The van der Waals surface area contributed by atoms with E-state index in [4.69, 9.17) is 0 Å². The molecule has 0 aliphatic rings. The molecule has 0 amide bonds. The molecule has 3 heteroatoms. The Kier molecular flexibility index (Phi) is 9.68. The summed E-state index contributed by atoms with van der Waals surface area (Å²) in [7, 11) is 0. The van der Waals surface area contributed by atoms with Crippen molar-refractivity contribution < 1.29 is 2.74 Å². The number of aromatic nitrogens is 2. The van der Waals surface area contributed by atoms with Crippen LogP contribution in [0, 0.1) is 0 Å². The Hall–Kier alpha value is -9.18. The average Bonchev–Trinajstić information content (AvgIpc) is 2.17. The second-order valence-corrected chi connectivity index (χ2v) is 23.5. The van der Waals surface area contributed by atoms with E-state index in [1.807, 2.05) is 0 Å². The minimum absolute atomic E-state index is 0.0945. The summed E-state index contributed by atoms with van der Waals surface area (Å²) >= 11 is 0. The number of hydrogen-bond acceptors (Lipinski definition) is 1. The van der Waals surface area contributed by atoms with Gasteiger partial charge in [0, 0.05) is 60.4 Å². The SMILES string of the molecule is [2H]c1c2c3ccc(N(c4ccccc4)c4ccc(-c5ccccc5)cc4)c4c5cc(C(C)(C)C)ccc5n(c2c([2H])c2c5ccc(C(c6ccccc6)c6ccc(-c7ccccc7)cc6)c6c7cc(C(C)(C)C)ccc7n(c12)c56)c34. The van der Waals surface area contributed by atoms with Crippen LogP contribution in [0.4, 0.5) is 17.1 Å². The molecule has 0 saturated carbocycles. The van der Waals surface area contributed by atoms with E-state index < -0.39 is 0 Å². The molecule has 0 radical (unpaired) electrons. The molecule has 1 atom stereocenters. The van der Waals surface area contributed by atoms with Gasteiger partial charge < -0.3 is 13.7 Å². The molecule has 15 rings (SSSR count). The minimum Gasteiger partial charge on any atom is -0.310 e. The summed E-state index contributed by atoms with van der Waals surface area (Å²) in [5.74, 6) is -0.0945. The summed E-state index contributed by atoms with van der Waals surface area (Å²) in [6.07, 6.45) is 0. The molecule has 0 aliphatic heterocycles. The molecular weight excluding hydrogens is 943 g/mol. The van der Waals surface area contributed by atoms with Crippen molar-refractivity contribution >= 4 is 93.3 Å². The fourth-order valence-electron chi connectivity index (χ4n) is 12.9. The van der Waals surface area contributed by atoms with Crippen LogP contribution in [0.5, 0.6) is 0 Å². The van der Waals surface area contributed by atoms with E-state index in [9.17, 15) is 2.74 Å². The number of anilines is 3. The van der Waals surface area contributed by atoms with Crippen molar-refractivity contribution in [1.82, 2.24) is 8.80 Å². The summed E-state index contributed by atoms with van der Waals surface area (Å²) in [4.78, 5) is 2.39. The van der Waals surface area contributed by atoms with Crippen LogP contribution >= 0.6 is 0 Å². The summed E-state index contributed by atoms with van der Waals surface area (Å²) in [5, 5.41) is 8.15. The number of nitrogens with zero attached hydrogens (tertiary/aromatic N) is 3. The highest BCUT2D eigenvalue weighted by Gasteiger charge is 2.30. The fourth-order valence-corrected chi connectivity index (χ4v) is 12.9. The smallest absolute Gasteiger partial charge is 0.0653 e. The van der Waals surface area contributed by atoms with E-state index in [-0.39, 0.29) is 16.7 Å². The number of benzene rings is 11. The number of para-hydroxylation sites is 1. The molecule has 0 bridgehead atoms. The fraction of sp³-hybridized carbons (Fsp3) is 0.120. The molecule has 374 valence electrons. The molecule has 0 spiro atoms. The normalized spacial score (nSPS) is 13.3. The molecule has 78 heavy (non-hydrogen) atoms. The zero-order valence-corrected chi connectivity index (χ0v) is 44.9. The quantitative estimate of drug-likeness (QED) is 0.138. The van der Waals surface area contributed by atoms with Gasteiger partial charge in [0.25, 0.3) is 0 Å². The highest BCUT2D eigenvalue weighted by molar-refractivity contribution is 6.31. The maximum absolute atomic E-state index is 10.8. The van der Waals surface area contributed by atoms with Crippen LogP contribution in [0.15, 0.2) is 243 Å². The lowest BCUT2D eigenvalue weighted by atomic mass is 9.81. The third-order valence-electron chi connectivity index (χ3n) is 16.8. The Morgan fingerprint density at radius 3 is 1.31 bits per heavy atom. The lowest BCUT2D eigenvalue weighted by molar-refractivity contribution is 0.591. The van der Waals surface area contributed by atoms with Gasteiger partial charge in [-0.15, -0.1) is 0 Å². The minimum atomic E-state index is -0.114. The Labute approximate surface area is 458 Å². The van der Waals surface area contributed by atoms with Crippen molar-refractivity contribution in [3.8, 4) is 22.3 Å². The van der Waals surface area contributed by atoms with Gasteiger partial charge in [0.1, 0.15) is 0 Å². The third kappa shape index (κ3) is 7.04. The molecular formula is C75H59N3. The molecule has 4 aromatic heterocycles. The first kappa shape index (κ1) is 44.0. The second-order valence-electron chi connectivity index (χ2n) is 23.5. The van der Waals surface area contributed by atoms with Gasteiger partial charge in [0.2, 0.25) is 0 Å². The van der Waals surface area contributed by atoms with Gasteiger partial charge in [-0.2, -0.15) is 0 Å². The molecule has 1 unspecified atom stereocenters. The van der Waals surface area contributed by atoms with E-state index >= 15 is 0 Å². The maximum Gasteiger partial charge on any atom is 0.0653 e. The van der Waals surface area contributed by atoms with Gasteiger partial charge in [-0.3, -0.25) is 0 Å². The molecule has 0 fully saturated rings. The van der Waals surface area contributed by atoms with E-state index in [0.717, 1.165) is 88.0 Å². The first-order chi connectivity index (χ1) is 38.8. The molecule has 3 nitrogen and oxygen atoms in total. The van der Waals surface area contributed by atoms with Gasteiger partial charge in [-0.1, -0.05) is 217 Å². The lowest BCUT2D eigenvalue weighted by Crippen LogP contribution is -2.11.